The summed E-state index contributed by atoms with van der Waals surface area (Å²) in [5.41, 5.74) is 4.59. The monoisotopic (exact) mass is 239 g/mol. The topological polar surface area (TPSA) is 21.6 Å². The van der Waals surface area contributed by atoms with Gasteiger partial charge in [-0.05, 0) is 18.9 Å². The smallest absolute Gasteiger partial charge is 0.146 e. The number of nitrogens with zero attached hydrogens (tertiary/aromatic N) is 1. The summed E-state index contributed by atoms with van der Waals surface area (Å²) in [6, 6.07) is 0. The van der Waals surface area contributed by atoms with Crippen LogP contribution in [0.15, 0.2) is 16.8 Å². The van der Waals surface area contributed by atoms with E-state index in [1.54, 1.807) is 6.08 Å². The second-order valence-electron chi connectivity index (χ2n) is 4.87. The van der Waals surface area contributed by atoms with Crippen LogP contribution in [-0.4, -0.2) is 27.1 Å². The van der Waals surface area contributed by atoms with Crippen molar-refractivity contribution in [2.24, 2.45) is 5.16 Å². The minimum atomic E-state index is -1.37. The van der Waals surface area contributed by atoms with E-state index in [2.05, 4.69) is 41.1 Å². The van der Waals surface area contributed by atoms with Crippen molar-refractivity contribution in [3.63, 3.8) is 0 Å². The Morgan fingerprint density at radius 3 is 2.75 bits per heavy atom. The minimum absolute atomic E-state index is 0.355. The lowest BCUT2D eigenvalue weighted by Crippen LogP contribution is -2.20. The van der Waals surface area contributed by atoms with Gasteiger partial charge in [-0.25, -0.2) is 4.39 Å². The fourth-order valence-corrected chi connectivity index (χ4v) is 1.86. The van der Waals surface area contributed by atoms with Crippen molar-refractivity contribution in [2.45, 2.75) is 38.7 Å². The summed E-state index contributed by atoms with van der Waals surface area (Å²) in [6.45, 7) is 6.56. The number of hydrogen-bond donors (Lipinski definition) is 0. The molecule has 0 saturated heterocycles. The molecule has 0 aromatic heterocycles. The lowest BCUT2D eigenvalue weighted by Gasteiger charge is -2.14. The number of oxime groups is 1. The Hall–Kier alpha value is -1.08. The van der Waals surface area contributed by atoms with Gasteiger partial charge in [-0.15, -0.1) is 5.54 Å². The molecule has 0 spiro atoms. The Kier molecular flexibility index (Phi) is 4.31. The van der Waals surface area contributed by atoms with E-state index in [0.717, 1.165) is 5.57 Å². The molecule has 16 heavy (non-hydrogen) atoms. The van der Waals surface area contributed by atoms with Crippen LogP contribution in [-0.2, 0) is 4.84 Å². The SMILES string of the molecule is CO/N=C1/C=C(C#C[Si](C)(C)C)CCC1F. The van der Waals surface area contributed by atoms with Crippen molar-refractivity contribution in [2.75, 3.05) is 7.11 Å². The van der Waals surface area contributed by atoms with Gasteiger partial charge in [-0.3, -0.25) is 0 Å². The predicted octanol–water partition coefficient (Wildman–Crippen LogP) is 2.93. The Morgan fingerprint density at radius 1 is 1.50 bits per heavy atom. The van der Waals surface area contributed by atoms with Gasteiger partial charge in [0.15, 0.2) is 0 Å². The van der Waals surface area contributed by atoms with Crippen LogP contribution in [0.2, 0.25) is 19.6 Å². The second kappa shape index (κ2) is 5.31. The highest BCUT2D eigenvalue weighted by Crippen LogP contribution is 2.19. The quantitative estimate of drug-likeness (QED) is 0.392. The van der Waals surface area contributed by atoms with Crippen molar-refractivity contribution in [3.8, 4) is 11.5 Å². The van der Waals surface area contributed by atoms with E-state index in [1.165, 1.54) is 7.11 Å². The maximum Gasteiger partial charge on any atom is 0.146 e. The van der Waals surface area contributed by atoms with Crippen LogP contribution in [0, 0.1) is 11.5 Å². The van der Waals surface area contributed by atoms with Crippen LogP contribution >= 0.6 is 0 Å². The van der Waals surface area contributed by atoms with Gasteiger partial charge < -0.3 is 4.84 Å². The Bertz CT molecular complexity index is 371. The number of allylic oxidation sites excluding steroid dienone is 2. The predicted molar refractivity (Wildman–Crippen MR) is 67.8 cm³/mol. The molecule has 0 bridgehead atoms. The summed E-state index contributed by atoms with van der Waals surface area (Å²) in [4.78, 5) is 4.61. The Labute approximate surface area is 97.6 Å². The number of rotatable bonds is 1. The van der Waals surface area contributed by atoms with Gasteiger partial charge in [-0.2, -0.15) is 0 Å². The zero-order chi connectivity index (χ0) is 12.2. The van der Waals surface area contributed by atoms with E-state index in [-0.39, 0.29) is 0 Å². The van der Waals surface area contributed by atoms with Crippen LogP contribution < -0.4 is 0 Å². The van der Waals surface area contributed by atoms with Crippen LogP contribution in [0.4, 0.5) is 4.39 Å². The molecule has 88 valence electrons. The van der Waals surface area contributed by atoms with Crippen LogP contribution in [0.3, 0.4) is 0 Å². The highest BCUT2D eigenvalue weighted by Gasteiger charge is 2.20. The van der Waals surface area contributed by atoms with Gasteiger partial charge in [0.1, 0.15) is 27.1 Å². The lowest BCUT2D eigenvalue weighted by molar-refractivity contribution is 0.208. The normalized spacial score (nSPS) is 23.4. The zero-order valence-corrected chi connectivity index (χ0v) is 11.3. The molecule has 0 amide bonds. The molecule has 0 fully saturated rings. The zero-order valence-electron chi connectivity index (χ0n) is 10.3. The van der Waals surface area contributed by atoms with Crippen molar-refractivity contribution < 1.29 is 9.23 Å². The molecule has 0 N–H and O–H groups in total. The molecule has 0 aromatic carbocycles. The molecular weight excluding hydrogens is 221 g/mol. The summed E-state index contributed by atoms with van der Waals surface area (Å²) in [6.07, 6.45) is 1.85. The first-order valence-electron chi connectivity index (χ1n) is 5.41. The largest absolute Gasteiger partial charge is 0.399 e. The van der Waals surface area contributed by atoms with Gasteiger partial charge in [-0.1, -0.05) is 30.7 Å². The molecular formula is C12H18FNOSi. The molecule has 1 unspecified atom stereocenters. The fourth-order valence-electron chi connectivity index (χ4n) is 1.33. The highest BCUT2D eigenvalue weighted by molar-refractivity contribution is 6.83. The molecule has 4 heteroatoms. The van der Waals surface area contributed by atoms with Crippen molar-refractivity contribution >= 4 is 13.8 Å². The average Bonchev–Trinajstić information content (AvgIpc) is 2.18. The summed E-state index contributed by atoms with van der Waals surface area (Å²) in [7, 11) is 0.0607. The molecule has 0 aliphatic heterocycles. The molecule has 1 aliphatic carbocycles. The molecule has 0 saturated carbocycles. The number of alkyl halides is 1. The summed E-state index contributed by atoms with van der Waals surface area (Å²) in [5, 5.41) is 3.67. The standard InChI is InChI=1S/C12H18FNOSi/c1-15-14-12-9-10(5-6-11(12)13)7-8-16(2,3)4/h9,11H,5-6H2,1-4H3/b14-12-. The molecule has 0 radical (unpaired) electrons. The first-order chi connectivity index (χ1) is 7.42. The van der Waals surface area contributed by atoms with E-state index >= 15 is 0 Å². The van der Waals surface area contributed by atoms with E-state index in [0.29, 0.717) is 18.6 Å². The first kappa shape index (κ1) is 13.0. The third-order valence-electron chi connectivity index (χ3n) is 2.10. The third kappa shape index (κ3) is 4.19. The van der Waals surface area contributed by atoms with E-state index in [9.17, 15) is 4.39 Å². The van der Waals surface area contributed by atoms with Gasteiger partial charge in [0.05, 0.1) is 0 Å². The van der Waals surface area contributed by atoms with Crippen molar-refractivity contribution in [1.29, 1.82) is 0 Å². The van der Waals surface area contributed by atoms with Crippen molar-refractivity contribution in [3.05, 3.63) is 11.6 Å². The first-order valence-corrected chi connectivity index (χ1v) is 8.91. The van der Waals surface area contributed by atoms with Crippen molar-refractivity contribution in [1.82, 2.24) is 0 Å². The Balaban J connectivity index is 2.86. The van der Waals surface area contributed by atoms with Gasteiger partial charge >= 0.3 is 0 Å². The van der Waals surface area contributed by atoms with Crippen LogP contribution in [0.5, 0.6) is 0 Å². The molecule has 0 aromatic rings. The molecule has 2 nitrogen and oxygen atoms in total. The minimum Gasteiger partial charge on any atom is -0.399 e. The summed E-state index contributed by atoms with van der Waals surface area (Å²) >= 11 is 0. The third-order valence-corrected chi connectivity index (χ3v) is 2.98. The molecule has 1 rings (SSSR count). The van der Waals surface area contributed by atoms with Gasteiger partial charge in [0.2, 0.25) is 0 Å². The van der Waals surface area contributed by atoms with Crippen LogP contribution in [0.1, 0.15) is 12.8 Å². The maximum atomic E-state index is 13.4. The maximum absolute atomic E-state index is 13.4. The Morgan fingerprint density at radius 2 is 2.19 bits per heavy atom. The van der Waals surface area contributed by atoms with Gasteiger partial charge in [0.25, 0.3) is 0 Å². The number of hydrogen-bond acceptors (Lipinski definition) is 2. The average molecular weight is 239 g/mol. The molecule has 0 heterocycles. The number of halogens is 1. The summed E-state index contributed by atoms with van der Waals surface area (Å²) in [5.74, 6) is 3.14. The van der Waals surface area contributed by atoms with E-state index < -0.39 is 14.2 Å². The summed E-state index contributed by atoms with van der Waals surface area (Å²) < 4.78 is 13.4. The van der Waals surface area contributed by atoms with Gasteiger partial charge in [0, 0.05) is 5.57 Å². The van der Waals surface area contributed by atoms with E-state index in [1.807, 2.05) is 0 Å². The molecule has 1 atom stereocenters. The fraction of sp³-hybridized carbons (Fsp3) is 0.583. The molecule has 1 aliphatic rings. The van der Waals surface area contributed by atoms with Crippen LogP contribution in [0.25, 0.3) is 0 Å². The highest BCUT2D eigenvalue weighted by atomic mass is 28.3. The lowest BCUT2D eigenvalue weighted by atomic mass is 9.97. The second-order valence-corrected chi connectivity index (χ2v) is 9.62. The van der Waals surface area contributed by atoms with E-state index in [4.69, 9.17) is 0 Å².